The minimum atomic E-state index is -1.69. The molecule has 1 aromatic heterocycles. The van der Waals surface area contributed by atoms with E-state index in [0.29, 0.717) is 12.1 Å². The number of aromatic amines is 1. The summed E-state index contributed by atoms with van der Waals surface area (Å²) >= 11 is 0. The topological polar surface area (TPSA) is 95.1 Å². The number of aromatic nitrogens is 2. The Bertz CT molecular complexity index is 676. The Kier molecular flexibility index (Phi) is 3.42. The highest BCUT2D eigenvalue weighted by molar-refractivity contribution is 6.04. The van der Waals surface area contributed by atoms with E-state index in [1.807, 2.05) is 0 Å². The molecule has 1 heterocycles. The molecule has 0 aliphatic heterocycles. The third-order valence-corrected chi connectivity index (χ3v) is 2.30. The Hall–Kier alpha value is -2.84. The maximum absolute atomic E-state index is 13.0. The molecule has 1 amide bonds. The molecule has 0 aliphatic carbocycles. The van der Waals surface area contributed by atoms with Crippen molar-refractivity contribution in [1.29, 1.82) is 0 Å². The molecule has 2 rings (SSSR count). The minimum Gasteiger partial charge on any atom is -0.477 e. The van der Waals surface area contributed by atoms with E-state index in [4.69, 9.17) is 5.11 Å². The summed E-state index contributed by atoms with van der Waals surface area (Å²) in [5.74, 6) is -7.12. The molecule has 0 spiro atoms. The summed E-state index contributed by atoms with van der Waals surface area (Å²) in [6, 6.07) is 2.04. The largest absolute Gasteiger partial charge is 0.477 e. The lowest BCUT2D eigenvalue weighted by molar-refractivity contribution is 0.0690. The SMILES string of the molecule is O=C(Nc1cc(C(=O)O)[nH]n1)c1cc(F)c(F)c(F)c1. The molecule has 0 aliphatic rings. The van der Waals surface area contributed by atoms with Crippen LogP contribution in [0.4, 0.5) is 19.0 Å². The number of carboxylic acids is 1. The van der Waals surface area contributed by atoms with E-state index in [0.717, 1.165) is 6.07 Å². The number of nitrogens with one attached hydrogen (secondary N) is 2. The van der Waals surface area contributed by atoms with Gasteiger partial charge >= 0.3 is 5.97 Å². The molecule has 0 radical (unpaired) electrons. The zero-order valence-electron chi connectivity index (χ0n) is 9.58. The van der Waals surface area contributed by atoms with Gasteiger partial charge < -0.3 is 10.4 Å². The normalized spacial score (nSPS) is 10.3. The van der Waals surface area contributed by atoms with Gasteiger partial charge in [0.2, 0.25) is 0 Å². The summed E-state index contributed by atoms with van der Waals surface area (Å²) < 4.78 is 38.6. The number of halogens is 3. The van der Waals surface area contributed by atoms with Crippen LogP contribution in [0, 0.1) is 17.5 Å². The summed E-state index contributed by atoms with van der Waals surface area (Å²) in [7, 11) is 0. The first kappa shape index (κ1) is 13.6. The molecule has 6 nitrogen and oxygen atoms in total. The van der Waals surface area contributed by atoms with E-state index >= 15 is 0 Å². The molecule has 104 valence electrons. The van der Waals surface area contributed by atoms with Crippen molar-refractivity contribution in [2.75, 3.05) is 5.32 Å². The summed E-state index contributed by atoms with van der Waals surface area (Å²) in [4.78, 5) is 22.2. The number of aromatic carboxylic acids is 1. The van der Waals surface area contributed by atoms with Gasteiger partial charge in [0.1, 0.15) is 5.69 Å². The highest BCUT2D eigenvalue weighted by Crippen LogP contribution is 2.15. The van der Waals surface area contributed by atoms with Gasteiger partial charge in [-0.2, -0.15) is 5.10 Å². The fourth-order valence-electron chi connectivity index (χ4n) is 1.37. The fourth-order valence-corrected chi connectivity index (χ4v) is 1.37. The number of nitrogens with zero attached hydrogens (tertiary/aromatic N) is 1. The van der Waals surface area contributed by atoms with Crippen LogP contribution < -0.4 is 5.32 Å². The van der Waals surface area contributed by atoms with Crippen molar-refractivity contribution in [3.8, 4) is 0 Å². The van der Waals surface area contributed by atoms with E-state index in [2.05, 4.69) is 15.5 Å². The Balaban J connectivity index is 2.21. The van der Waals surface area contributed by atoms with Crippen LogP contribution in [0.2, 0.25) is 0 Å². The second-order valence-electron chi connectivity index (χ2n) is 3.68. The monoisotopic (exact) mass is 285 g/mol. The van der Waals surface area contributed by atoms with Crippen molar-refractivity contribution in [1.82, 2.24) is 10.2 Å². The lowest BCUT2D eigenvalue weighted by atomic mass is 10.2. The number of anilines is 1. The van der Waals surface area contributed by atoms with Gasteiger partial charge in [-0.05, 0) is 12.1 Å². The quantitative estimate of drug-likeness (QED) is 0.749. The highest BCUT2D eigenvalue weighted by atomic mass is 19.2. The van der Waals surface area contributed by atoms with Gasteiger partial charge in [-0.25, -0.2) is 18.0 Å². The van der Waals surface area contributed by atoms with Crippen molar-refractivity contribution in [2.24, 2.45) is 0 Å². The summed E-state index contributed by atoms with van der Waals surface area (Å²) in [5, 5.41) is 16.3. The third-order valence-electron chi connectivity index (χ3n) is 2.30. The molecule has 2 aromatic rings. The standard InChI is InChI=1S/C11H6F3N3O3/c12-5-1-4(2-6(13)9(5)14)10(18)15-8-3-7(11(19)20)16-17-8/h1-3H,(H,19,20)(H2,15,16,17,18). The van der Waals surface area contributed by atoms with Gasteiger partial charge in [0, 0.05) is 11.6 Å². The van der Waals surface area contributed by atoms with Gasteiger partial charge in [0.25, 0.3) is 5.91 Å². The van der Waals surface area contributed by atoms with Crippen LogP contribution >= 0.6 is 0 Å². The van der Waals surface area contributed by atoms with E-state index < -0.39 is 34.9 Å². The van der Waals surface area contributed by atoms with Crippen molar-refractivity contribution in [3.05, 3.63) is 46.9 Å². The number of amides is 1. The highest BCUT2D eigenvalue weighted by Gasteiger charge is 2.16. The second kappa shape index (κ2) is 5.03. The van der Waals surface area contributed by atoms with Crippen LogP contribution in [0.1, 0.15) is 20.8 Å². The van der Waals surface area contributed by atoms with E-state index in [1.165, 1.54) is 0 Å². The van der Waals surface area contributed by atoms with Gasteiger partial charge in [-0.3, -0.25) is 9.89 Å². The molecule has 0 unspecified atom stereocenters. The number of hydrogen-bond donors (Lipinski definition) is 3. The van der Waals surface area contributed by atoms with Crippen molar-refractivity contribution >= 4 is 17.7 Å². The first-order valence-electron chi connectivity index (χ1n) is 5.13. The van der Waals surface area contributed by atoms with E-state index in [-0.39, 0.29) is 11.5 Å². The summed E-state index contributed by atoms with van der Waals surface area (Å²) in [5.41, 5.74) is -0.752. The van der Waals surface area contributed by atoms with Gasteiger partial charge in [0.15, 0.2) is 23.3 Å². The zero-order valence-corrected chi connectivity index (χ0v) is 9.58. The van der Waals surface area contributed by atoms with Crippen molar-refractivity contribution in [3.63, 3.8) is 0 Å². The van der Waals surface area contributed by atoms with Crippen LogP contribution in [-0.2, 0) is 0 Å². The van der Waals surface area contributed by atoms with Gasteiger partial charge in [-0.1, -0.05) is 0 Å². The number of carboxylic acid groups (broad SMARTS) is 1. The lowest BCUT2D eigenvalue weighted by Gasteiger charge is -2.03. The van der Waals surface area contributed by atoms with E-state index in [1.54, 1.807) is 0 Å². The Labute approximate surface area is 109 Å². The molecule has 1 aromatic carbocycles. The molecule has 0 bridgehead atoms. The lowest BCUT2D eigenvalue weighted by Crippen LogP contribution is -2.13. The Morgan fingerprint density at radius 3 is 2.25 bits per heavy atom. The van der Waals surface area contributed by atoms with Crippen LogP contribution in [0.25, 0.3) is 0 Å². The molecule has 0 atom stereocenters. The number of carbonyl (C=O) groups is 2. The fraction of sp³-hybridized carbons (Fsp3) is 0. The molecule has 0 saturated heterocycles. The van der Waals surface area contributed by atoms with Gasteiger partial charge in [-0.15, -0.1) is 0 Å². The number of benzene rings is 1. The molecular formula is C11H6F3N3O3. The molecule has 3 N–H and O–H groups in total. The number of H-pyrrole nitrogens is 1. The summed E-state index contributed by atoms with van der Waals surface area (Å²) in [6.45, 7) is 0. The van der Waals surface area contributed by atoms with Gasteiger partial charge in [0.05, 0.1) is 0 Å². The van der Waals surface area contributed by atoms with E-state index in [9.17, 15) is 22.8 Å². The predicted molar refractivity (Wildman–Crippen MR) is 59.8 cm³/mol. The smallest absolute Gasteiger partial charge is 0.353 e. The number of hydrogen-bond acceptors (Lipinski definition) is 3. The maximum atomic E-state index is 13.0. The summed E-state index contributed by atoms with van der Waals surface area (Å²) in [6.07, 6.45) is 0. The Morgan fingerprint density at radius 1 is 1.15 bits per heavy atom. The van der Waals surface area contributed by atoms with Crippen molar-refractivity contribution in [2.45, 2.75) is 0 Å². The Morgan fingerprint density at radius 2 is 1.75 bits per heavy atom. The van der Waals surface area contributed by atoms with Crippen LogP contribution in [0.5, 0.6) is 0 Å². The predicted octanol–water partition coefficient (Wildman–Crippen LogP) is 1.78. The molecule has 20 heavy (non-hydrogen) atoms. The number of rotatable bonds is 3. The second-order valence-corrected chi connectivity index (χ2v) is 3.68. The van der Waals surface area contributed by atoms with Crippen LogP contribution in [-0.4, -0.2) is 27.2 Å². The average molecular weight is 285 g/mol. The van der Waals surface area contributed by atoms with Crippen molar-refractivity contribution < 1.29 is 27.9 Å². The van der Waals surface area contributed by atoms with Crippen LogP contribution in [0.15, 0.2) is 18.2 Å². The van der Waals surface area contributed by atoms with Crippen LogP contribution in [0.3, 0.4) is 0 Å². The molecule has 0 fully saturated rings. The zero-order chi connectivity index (χ0) is 14.9. The third kappa shape index (κ3) is 2.60. The first-order chi connectivity index (χ1) is 9.38. The molecule has 0 saturated carbocycles. The minimum absolute atomic E-state index is 0.155. The first-order valence-corrected chi connectivity index (χ1v) is 5.13. The number of carbonyl (C=O) groups excluding carboxylic acids is 1. The maximum Gasteiger partial charge on any atom is 0.353 e. The molecule has 9 heteroatoms. The molecular weight excluding hydrogens is 279 g/mol. The average Bonchev–Trinajstić information content (AvgIpc) is 2.84.